The van der Waals surface area contributed by atoms with Crippen molar-refractivity contribution >= 4 is 27.4 Å². The minimum atomic E-state index is 0.498. The van der Waals surface area contributed by atoms with Crippen molar-refractivity contribution in [3.63, 3.8) is 0 Å². The molecule has 0 bridgehead atoms. The predicted molar refractivity (Wildman–Crippen MR) is 67.0 cm³/mol. The molecule has 0 aliphatic carbocycles. The maximum Gasteiger partial charge on any atom is 0.138 e. The number of aryl methyl sites for hydroxylation is 1. The Bertz CT molecular complexity index is 502. The zero-order valence-electron chi connectivity index (χ0n) is 9.16. The van der Waals surface area contributed by atoms with Crippen LogP contribution in [0.25, 0.3) is 10.2 Å². The van der Waals surface area contributed by atoms with Crippen LogP contribution in [0.2, 0.25) is 0 Å². The molecule has 1 unspecified atom stereocenters. The number of rotatable bonds is 2. The van der Waals surface area contributed by atoms with Gasteiger partial charge in [0.15, 0.2) is 0 Å². The molecule has 3 rings (SSSR count). The highest BCUT2D eigenvalue weighted by Gasteiger charge is 2.16. The molecule has 3 heterocycles. The highest BCUT2D eigenvalue weighted by Crippen LogP contribution is 2.28. The predicted octanol–water partition coefficient (Wildman–Crippen LogP) is 1.77. The molecule has 1 aliphatic rings. The molecular formula is C11H14N4S. The Morgan fingerprint density at radius 1 is 1.50 bits per heavy atom. The second-order valence-electron chi connectivity index (χ2n) is 4.13. The average Bonchev–Trinajstić information content (AvgIpc) is 2.86. The van der Waals surface area contributed by atoms with E-state index in [9.17, 15) is 0 Å². The number of aromatic nitrogens is 2. The van der Waals surface area contributed by atoms with Gasteiger partial charge in [-0.1, -0.05) is 0 Å². The summed E-state index contributed by atoms with van der Waals surface area (Å²) in [6.07, 6.45) is 2.80. The Morgan fingerprint density at radius 2 is 2.44 bits per heavy atom. The molecule has 1 saturated heterocycles. The monoisotopic (exact) mass is 234 g/mol. The van der Waals surface area contributed by atoms with Crippen molar-refractivity contribution in [2.24, 2.45) is 0 Å². The van der Waals surface area contributed by atoms with Crippen LogP contribution < -0.4 is 10.6 Å². The average molecular weight is 234 g/mol. The minimum Gasteiger partial charge on any atom is -0.365 e. The first-order valence-electron chi connectivity index (χ1n) is 5.51. The molecule has 1 fully saturated rings. The van der Waals surface area contributed by atoms with E-state index in [1.54, 1.807) is 17.7 Å². The number of hydrogen-bond donors (Lipinski definition) is 2. The molecule has 16 heavy (non-hydrogen) atoms. The summed E-state index contributed by atoms with van der Waals surface area (Å²) < 4.78 is 0. The van der Waals surface area contributed by atoms with E-state index in [1.165, 1.54) is 4.88 Å². The van der Waals surface area contributed by atoms with Crippen molar-refractivity contribution in [2.75, 3.05) is 18.4 Å². The van der Waals surface area contributed by atoms with Gasteiger partial charge >= 0.3 is 0 Å². The fraction of sp³-hybridized carbons (Fsp3) is 0.455. The first kappa shape index (κ1) is 9.99. The molecule has 0 aromatic carbocycles. The summed E-state index contributed by atoms with van der Waals surface area (Å²) in [5.74, 6) is 0.975. The molecule has 2 aromatic heterocycles. The molecular weight excluding hydrogens is 220 g/mol. The van der Waals surface area contributed by atoms with Crippen LogP contribution in [0, 0.1) is 6.92 Å². The van der Waals surface area contributed by atoms with Crippen LogP contribution in [0.4, 0.5) is 5.82 Å². The van der Waals surface area contributed by atoms with Crippen molar-refractivity contribution in [1.82, 2.24) is 15.3 Å². The van der Waals surface area contributed by atoms with E-state index in [-0.39, 0.29) is 0 Å². The second kappa shape index (κ2) is 3.99. The van der Waals surface area contributed by atoms with Crippen LogP contribution >= 0.6 is 11.3 Å². The van der Waals surface area contributed by atoms with E-state index >= 15 is 0 Å². The number of nitrogens with zero attached hydrogens (tertiary/aromatic N) is 2. The molecule has 0 spiro atoms. The fourth-order valence-corrected chi connectivity index (χ4v) is 2.91. The van der Waals surface area contributed by atoms with Gasteiger partial charge in [0.2, 0.25) is 0 Å². The number of thiophene rings is 1. The Morgan fingerprint density at radius 3 is 3.25 bits per heavy atom. The highest BCUT2D eigenvalue weighted by atomic mass is 32.1. The maximum atomic E-state index is 4.34. The Labute approximate surface area is 98.1 Å². The summed E-state index contributed by atoms with van der Waals surface area (Å²) in [7, 11) is 0. The van der Waals surface area contributed by atoms with Gasteiger partial charge in [-0.2, -0.15) is 0 Å². The lowest BCUT2D eigenvalue weighted by Gasteiger charge is -2.12. The third-order valence-electron chi connectivity index (χ3n) is 2.85. The Balaban J connectivity index is 1.95. The van der Waals surface area contributed by atoms with E-state index in [0.717, 1.165) is 35.5 Å². The summed E-state index contributed by atoms with van der Waals surface area (Å²) in [5, 5.41) is 7.98. The van der Waals surface area contributed by atoms with Crippen LogP contribution in [0.15, 0.2) is 12.4 Å². The molecule has 84 valence electrons. The zero-order chi connectivity index (χ0) is 11.0. The fourth-order valence-electron chi connectivity index (χ4n) is 2.06. The number of fused-ring (bicyclic) bond motifs is 1. The van der Waals surface area contributed by atoms with E-state index in [2.05, 4.69) is 33.6 Å². The van der Waals surface area contributed by atoms with Crippen LogP contribution in [-0.2, 0) is 0 Å². The third kappa shape index (κ3) is 1.76. The summed E-state index contributed by atoms with van der Waals surface area (Å²) in [5.41, 5.74) is 0. The molecule has 1 atom stereocenters. The molecule has 0 amide bonds. The highest BCUT2D eigenvalue weighted by molar-refractivity contribution is 7.18. The van der Waals surface area contributed by atoms with Gasteiger partial charge < -0.3 is 10.6 Å². The van der Waals surface area contributed by atoms with Crippen molar-refractivity contribution in [3.05, 3.63) is 17.3 Å². The van der Waals surface area contributed by atoms with Crippen LogP contribution in [-0.4, -0.2) is 29.1 Å². The molecule has 5 heteroatoms. The van der Waals surface area contributed by atoms with Crippen molar-refractivity contribution in [1.29, 1.82) is 0 Å². The standard InChI is InChI=1S/C11H14N4S/c1-7-4-9-10(13-6-14-11(9)16-7)15-8-2-3-12-5-8/h4,6,8,12H,2-3,5H2,1H3,(H,13,14,15). The minimum absolute atomic E-state index is 0.498. The van der Waals surface area contributed by atoms with E-state index < -0.39 is 0 Å². The van der Waals surface area contributed by atoms with Crippen molar-refractivity contribution < 1.29 is 0 Å². The van der Waals surface area contributed by atoms with Gasteiger partial charge in [0.1, 0.15) is 17.0 Å². The zero-order valence-corrected chi connectivity index (χ0v) is 9.97. The summed E-state index contributed by atoms with van der Waals surface area (Å²) in [6.45, 7) is 4.22. The van der Waals surface area contributed by atoms with E-state index in [0.29, 0.717) is 6.04 Å². The molecule has 2 aromatic rings. The molecule has 4 nitrogen and oxygen atoms in total. The smallest absolute Gasteiger partial charge is 0.138 e. The first-order chi connectivity index (χ1) is 7.83. The Kier molecular flexibility index (Phi) is 2.49. The van der Waals surface area contributed by atoms with Gasteiger partial charge in [0, 0.05) is 17.5 Å². The van der Waals surface area contributed by atoms with Crippen LogP contribution in [0.5, 0.6) is 0 Å². The van der Waals surface area contributed by atoms with E-state index in [4.69, 9.17) is 0 Å². The number of nitrogens with one attached hydrogen (secondary N) is 2. The van der Waals surface area contributed by atoms with Gasteiger partial charge in [0.25, 0.3) is 0 Å². The van der Waals surface area contributed by atoms with Crippen LogP contribution in [0.3, 0.4) is 0 Å². The maximum absolute atomic E-state index is 4.34. The van der Waals surface area contributed by atoms with Crippen molar-refractivity contribution in [2.45, 2.75) is 19.4 Å². The van der Waals surface area contributed by atoms with Gasteiger partial charge in [-0.05, 0) is 26.0 Å². The van der Waals surface area contributed by atoms with E-state index in [1.807, 2.05) is 0 Å². The van der Waals surface area contributed by atoms with Crippen LogP contribution in [0.1, 0.15) is 11.3 Å². The summed E-state index contributed by atoms with van der Waals surface area (Å²) >= 11 is 1.72. The van der Waals surface area contributed by atoms with Gasteiger partial charge in [-0.3, -0.25) is 0 Å². The molecule has 0 saturated carbocycles. The topological polar surface area (TPSA) is 49.8 Å². The lowest BCUT2D eigenvalue weighted by molar-refractivity contribution is 0.789. The largest absolute Gasteiger partial charge is 0.365 e. The van der Waals surface area contributed by atoms with Gasteiger partial charge in [0.05, 0.1) is 5.39 Å². The summed E-state index contributed by atoms with van der Waals surface area (Å²) in [4.78, 5) is 11.0. The van der Waals surface area contributed by atoms with Crippen molar-refractivity contribution in [3.8, 4) is 0 Å². The SMILES string of the molecule is Cc1cc2c(NC3CCNC3)ncnc2s1. The first-order valence-corrected chi connectivity index (χ1v) is 6.33. The molecule has 2 N–H and O–H groups in total. The lowest BCUT2D eigenvalue weighted by atomic mass is 10.2. The van der Waals surface area contributed by atoms with Gasteiger partial charge in [-0.25, -0.2) is 9.97 Å². The molecule has 0 radical (unpaired) electrons. The van der Waals surface area contributed by atoms with Gasteiger partial charge in [-0.15, -0.1) is 11.3 Å². The number of anilines is 1. The number of hydrogen-bond acceptors (Lipinski definition) is 5. The third-order valence-corrected chi connectivity index (χ3v) is 3.81. The summed E-state index contributed by atoms with van der Waals surface area (Å²) in [6, 6.07) is 2.66. The normalized spacial score (nSPS) is 20.4. The molecule has 1 aliphatic heterocycles. The second-order valence-corrected chi connectivity index (χ2v) is 5.37. The lowest BCUT2D eigenvalue weighted by Crippen LogP contribution is -2.22. The Hall–Kier alpha value is -1.20. The quantitative estimate of drug-likeness (QED) is 0.831.